The van der Waals surface area contributed by atoms with Crippen LogP contribution in [0.5, 0.6) is 0 Å². The SMILES string of the molecule is C=CCNC(C)(CC1CCC1)C(=O)O. The zero-order valence-corrected chi connectivity index (χ0v) is 8.75. The molecular weight excluding hydrogens is 178 g/mol. The van der Waals surface area contributed by atoms with Gasteiger partial charge in [-0.1, -0.05) is 25.3 Å². The van der Waals surface area contributed by atoms with E-state index in [2.05, 4.69) is 11.9 Å². The van der Waals surface area contributed by atoms with Gasteiger partial charge >= 0.3 is 5.97 Å². The number of carboxylic acid groups (broad SMARTS) is 1. The summed E-state index contributed by atoms with van der Waals surface area (Å²) in [6, 6.07) is 0. The van der Waals surface area contributed by atoms with Crippen LogP contribution in [-0.4, -0.2) is 23.2 Å². The lowest BCUT2D eigenvalue weighted by Gasteiger charge is -2.34. The van der Waals surface area contributed by atoms with Crippen LogP contribution in [0.15, 0.2) is 12.7 Å². The van der Waals surface area contributed by atoms with Crippen molar-refractivity contribution in [3.05, 3.63) is 12.7 Å². The first-order valence-electron chi connectivity index (χ1n) is 5.18. The van der Waals surface area contributed by atoms with Crippen molar-refractivity contribution >= 4 is 5.97 Å². The van der Waals surface area contributed by atoms with E-state index in [0.29, 0.717) is 12.5 Å². The third kappa shape index (κ3) is 2.58. The summed E-state index contributed by atoms with van der Waals surface area (Å²) in [6.07, 6.45) is 6.04. The summed E-state index contributed by atoms with van der Waals surface area (Å²) in [5.41, 5.74) is -0.778. The second kappa shape index (κ2) is 4.60. The third-order valence-corrected chi connectivity index (χ3v) is 3.03. The van der Waals surface area contributed by atoms with Crippen LogP contribution in [0.3, 0.4) is 0 Å². The van der Waals surface area contributed by atoms with Crippen molar-refractivity contribution in [2.75, 3.05) is 6.54 Å². The molecule has 0 aliphatic heterocycles. The minimum atomic E-state index is -0.778. The Balaban J connectivity index is 2.50. The van der Waals surface area contributed by atoms with E-state index in [-0.39, 0.29) is 0 Å². The zero-order chi connectivity index (χ0) is 10.6. The summed E-state index contributed by atoms with van der Waals surface area (Å²) in [7, 11) is 0. The molecule has 0 amide bonds. The minimum absolute atomic E-state index is 0.551. The minimum Gasteiger partial charge on any atom is -0.480 e. The van der Waals surface area contributed by atoms with Crippen molar-refractivity contribution in [3.63, 3.8) is 0 Å². The summed E-state index contributed by atoms with van der Waals surface area (Å²) in [6.45, 7) is 5.89. The number of carbonyl (C=O) groups is 1. The van der Waals surface area contributed by atoms with Crippen LogP contribution in [0, 0.1) is 5.92 Å². The van der Waals surface area contributed by atoms with Gasteiger partial charge in [-0.25, -0.2) is 0 Å². The first-order valence-corrected chi connectivity index (χ1v) is 5.18. The fraction of sp³-hybridized carbons (Fsp3) is 0.727. The number of nitrogens with one attached hydrogen (secondary N) is 1. The second-order valence-electron chi connectivity index (χ2n) is 4.31. The van der Waals surface area contributed by atoms with Gasteiger partial charge in [-0.15, -0.1) is 6.58 Å². The average Bonchev–Trinajstić information content (AvgIpc) is 2.08. The van der Waals surface area contributed by atoms with Crippen LogP contribution < -0.4 is 5.32 Å². The fourth-order valence-electron chi connectivity index (χ4n) is 1.81. The smallest absolute Gasteiger partial charge is 0.323 e. The Morgan fingerprint density at radius 3 is 2.71 bits per heavy atom. The van der Waals surface area contributed by atoms with Gasteiger partial charge in [0.2, 0.25) is 0 Å². The highest BCUT2D eigenvalue weighted by molar-refractivity contribution is 5.78. The van der Waals surface area contributed by atoms with Crippen LogP contribution in [0.4, 0.5) is 0 Å². The molecule has 0 aromatic rings. The van der Waals surface area contributed by atoms with Crippen LogP contribution >= 0.6 is 0 Å². The van der Waals surface area contributed by atoms with E-state index in [1.807, 2.05) is 0 Å². The molecule has 1 saturated carbocycles. The molecule has 3 nitrogen and oxygen atoms in total. The van der Waals surface area contributed by atoms with Gasteiger partial charge in [0.05, 0.1) is 0 Å². The Hall–Kier alpha value is -0.830. The molecular formula is C11H19NO2. The average molecular weight is 197 g/mol. The molecule has 14 heavy (non-hydrogen) atoms. The molecule has 0 aromatic heterocycles. The molecule has 1 unspecified atom stereocenters. The number of carboxylic acids is 1. The molecule has 1 aliphatic carbocycles. The molecule has 0 heterocycles. The monoisotopic (exact) mass is 197 g/mol. The summed E-state index contributed by atoms with van der Waals surface area (Å²) >= 11 is 0. The van der Waals surface area contributed by atoms with Crippen LogP contribution in [0.25, 0.3) is 0 Å². The topological polar surface area (TPSA) is 49.3 Å². The van der Waals surface area contributed by atoms with E-state index in [1.54, 1.807) is 13.0 Å². The zero-order valence-electron chi connectivity index (χ0n) is 8.75. The lowest BCUT2D eigenvalue weighted by molar-refractivity contribution is -0.145. The normalized spacial score (nSPS) is 20.9. The van der Waals surface area contributed by atoms with E-state index in [4.69, 9.17) is 5.11 Å². The largest absolute Gasteiger partial charge is 0.480 e. The van der Waals surface area contributed by atoms with Gasteiger partial charge in [-0.2, -0.15) is 0 Å². The molecule has 2 N–H and O–H groups in total. The number of hydrogen-bond donors (Lipinski definition) is 2. The molecule has 0 spiro atoms. The van der Waals surface area contributed by atoms with E-state index in [0.717, 1.165) is 6.42 Å². The Bertz CT molecular complexity index is 223. The van der Waals surface area contributed by atoms with E-state index >= 15 is 0 Å². The lowest BCUT2D eigenvalue weighted by Crippen LogP contribution is -2.51. The van der Waals surface area contributed by atoms with Gasteiger partial charge in [0, 0.05) is 6.54 Å². The molecule has 80 valence electrons. The van der Waals surface area contributed by atoms with Crippen molar-refractivity contribution in [1.29, 1.82) is 0 Å². The van der Waals surface area contributed by atoms with Gasteiger partial charge in [0.1, 0.15) is 5.54 Å². The van der Waals surface area contributed by atoms with Crippen molar-refractivity contribution < 1.29 is 9.90 Å². The Labute approximate surface area is 85.2 Å². The maximum absolute atomic E-state index is 11.1. The molecule has 0 bridgehead atoms. The Morgan fingerprint density at radius 2 is 2.36 bits per heavy atom. The lowest BCUT2D eigenvalue weighted by atomic mass is 9.76. The van der Waals surface area contributed by atoms with E-state index in [1.165, 1.54) is 19.3 Å². The van der Waals surface area contributed by atoms with Crippen LogP contribution in [-0.2, 0) is 4.79 Å². The Kier molecular flexibility index (Phi) is 3.69. The maximum Gasteiger partial charge on any atom is 0.323 e. The van der Waals surface area contributed by atoms with E-state index in [9.17, 15) is 4.79 Å². The molecule has 0 radical (unpaired) electrons. The summed E-state index contributed by atoms with van der Waals surface area (Å²) in [5.74, 6) is -0.167. The predicted octanol–water partition coefficient (Wildman–Crippen LogP) is 1.80. The predicted molar refractivity (Wildman–Crippen MR) is 56.2 cm³/mol. The summed E-state index contributed by atoms with van der Waals surface area (Å²) in [5, 5.41) is 12.2. The summed E-state index contributed by atoms with van der Waals surface area (Å²) < 4.78 is 0. The van der Waals surface area contributed by atoms with Crippen LogP contribution in [0.1, 0.15) is 32.6 Å². The standard InChI is InChI=1S/C11H19NO2/c1-3-7-12-11(2,10(13)14)8-9-5-4-6-9/h3,9,12H,1,4-8H2,2H3,(H,13,14). The van der Waals surface area contributed by atoms with Crippen molar-refractivity contribution in [2.24, 2.45) is 5.92 Å². The van der Waals surface area contributed by atoms with Crippen molar-refractivity contribution in [2.45, 2.75) is 38.1 Å². The maximum atomic E-state index is 11.1. The van der Waals surface area contributed by atoms with Crippen molar-refractivity contribution in [3.8, 4) is 0 Å². The third-order valence-electron chi connectivity index (χ3n) is 3.03. The van der Waals surface area contributed by atoms with Gasteiger partial charge < -0.3 is 5.11 Å². The summed E-state index contributed by atoms with van der Waals surface area (Å²) in [4.78, 5) is 11.1. The van der Waals surface area contributed by atoms with Crippen molar-refractivity contribution in [1.82, 2.24) is 5.32 Å². The molecule has 1 aliphatic rings. The fourth-order valence-corrected chi connectivity index (χ4v) is 1.81. The second-order valence-corrected chi connectivity index (χ2v) is 4.31. The molecule has 1 atom stereocenters. The molecule has 0 aromatic carbocycles. The highest BCUT2D eigenvalue weighted by Crippen LogP contribution is 2.33. The van der Waals surface area contributed by atoms with Gasteiger partial charge in [-0.05, 0) is 19.3 Å². The quantitative estimate of drug-likeness (QED) is 0.638. The molecule has 1 rings (SSSR count). The molecule has 3 heteroatoms. The molecule has 1 fully saturated rings. The van der Waals surface area contributed by atoms with Gasteiger partial charge in [-0.3, -0.25) is 10.1 Å². The number of rotatable bonds is 6. The van der Waals surface area contributed by atoms with E-state index < -0.39 is 11.5 Å². The highest BCUT2D eigenvalue weighted by atomic mass is 16.4. The Morgan fingerprint density at radius 1 is 1.71 bits per heavy atom. The first-order chi connectivity index (χ1) is 6.58. The molecule has 0 saturated heterocycles. The highest BCUT2D eigenvalue weighted by Gasteiger charge is 2.36. The van der Waals surface area contributed by atoms with Gasteiger partial charge in [0.25, 0.3) is 0 Å². The first kappa shape index (κ1) is 11.2. The van der Waals surface area contributed by atoms with Gasteiger partial charge in [0.15, 0.2) is 0 Å². The van der Waals surface area contributed by atoms with Crippen LogP contribution in [0.2, 0.25) is 0 Å². The number of hydrogen-bond acceptors (Lipinski definition) is 2. The number of aliphatic carboxylic acids is 1.